The minimum absolute atomic E-state index is 0.0631. The van der Waals surface area contributed by atoms with Crippen molar-refractivity contribution in [1.82, 2.24) is 10.6 Å². The lowest BCUT2D eigenvalue weighted by Gasteiger charge is -2.40. The summed E-state index contributed by atoms with van der Waals surface area (Å²) in [6, 6.07) is 13.2. The Morgan fingerprint density at radius 3 is 2.17 bits per heavy atom. The fraction of sp³-hybridized carbons (Fsp3) is 0.519. The van der Waals surface area contributed by atoms with Gasteiger partial charge in [0, 0.05) is 30.4 Å². The molecule has 1 amide bonds. The zero-order valence-corrected chi connectivity index (χ0v) is 22.1. The molecule has 1 fully saturated rings. The largest absolute Gasteiger partial charge is 0.496 e. The average molecular weight is 503 g/mol. The van der Waals surface area contributed by atoms with E-state index in [9.17, 15) is 18.3 Å². The molecule has 3 N–H and O–H groups in total. The van der Waals surface area contributed by atoms with Crippen LogP contribution in [0.4, 0.5) is 4.79 Å². The summed E-state index contributed by atoms with van der Waals surface area (Å²) in [4.78, 5) is 11.6. The molecule has 192 valence electrons. The lowest BCUT2D eigenvalue weighted by Crippen LogP contribution is -2.50. The standard InChI is InChI=1S/C27H38N2O5S/c1-27(2,3)25(29-26(30)31)19-6-11-22(12-7-19)28-17-21-16-20(10-15-24(21)34-4)18-8-13-23(14-9-18)35(5,32)33/h8-10,13-16,19,22,25,28-29H,6-7,11-12,17H2,1-5H3,(H,30,31). The van der Waals surface area contributed by atoms with Gasteiger partial charge in [0.1, 0.15) is 5.75 Å². The molecule has 1 unspecified atom stereocenters. The van der Waals surface area contributed by atoms with E-state index in [0.29, 0.717) is 23.4 Å². The van der Waals surface area contributed by atoms with Gasteiger partial charge >= 0.3 is 6.09 Å². The van der Waals surface area contributed by atoms with Crippen molar-refractivity contribution in [3.05, 3.63) is 48.0 Å². The molecule has 7 nitrogen and oxygen atoms in total. The second-order valence-corrected chi connectivity index (χ2v) is 12.6. The van der Waals surface area contributed by atoms with Crippen LogP contribution in [-0.4, -0.2) is 45.1 Å². The van der Waals surface area contributed by atoms with Gasteiger partial charge in [0.05, 0.1) is 12.0 Å². The molecule has 3 rings (SSSR count). The molecule has 0 spiro atoms. The van der Waals surface area contributed by atoms with Crippen molar-refractivity contribution >= 4 is 15.9 Å². The quantitative estimate of drug-likeness (QED) is 0.464. The molecule has 1 aliphatic rings. The van der Waals surface area contributed by atoms with Crippen LogP contribution < -0.4 is 15.4 Å². The van der Waals surface area contributed by atoms with Crippen molar-refractivity contribution in [1.29, 1.82) is 0 Å². The van der Waals surface area contributed by atoms with Crippen molar-refractivity contribution in [3.8, 4) is 16.9 Å². The summed E-state index contributed by atoms with van der Waals surface area (Å²) < 4.78 is 29.1. The predicted octanol–water partition coefficient (Wildman–Crippen LogP) is 5.10. The smallest absolute Gasteiger partial charge is 0.404 e. The van der Waals surface area contributed by atoms with Gasteiger partial charge in [0.2, 0.25) is 0 Å². The zero-order valence-electron chi connectivity index (χ0n) is 21.3. The van der Waals surface area contributed by atoms with Gasteiger partial charge in [-0.25, -0.2) is 13.2 Å². The average Bonchev–Trinajstić information content (AvgIpc) is 2.80. The molecule has 0 aliphatic heterocycles. The number of methoxy groups -OCH3 is 1. The van der Waals surface area contributed by atoms with E-state index in [1.807, 2.05) is 24.3 Å². The van der Waals surface area contributed by atoms with Crippen LogP contribution >= 0.6 is 0 Å². The molecule has 8 heteroatoms. The SMILES string of the molecule is COc1ccc(-c2ccc(S(C)(=O)=O)cc2)cc1CNC1CCC(C(NC(=O)O)C(C)(C)C)CC1. The fourth-order valence-electron chi connectivity index (χ4n) is 5.08. The molecule has 35 heavy (non-hydrogen) atoms. The number of sulfone groups is 1. The van der Waals surface area contributed by atoms with E-state index in [-0.39, 0.29) is 11.5 Å². The Kier molecular flexibility index (Phi) is 8.49. The number of carbonyl (C=O) groups is 1. The Morgan fingerprint density at radius 1 is 1.06 bits per heavy atom. The Hall–Kier alpha value is -2.58. The maximum Gasteiger partial charge on any atom is 0.404 e. The lowest BCUT2D eigenvalue weighted by molar-refractivity contribution is 0.129. The first-order valence-corrected chi connectivity index (χ1v) is 14.0. The second kappa shape index (κ2) is 11.0. The van der Waals surface area contributed by atoms with Gasteiger partial charge in [-0.3, -0.25) is 0 Å². The topological polar surface area (TPSA) is 105 Å². The van der Waals surface area contributed by atoms with Crippen LogP contribution in [-0.2, 0) is 16.4 Å². The number of amides is 1. The maximum atomic E-state index is 11.8. The van der Waals surface area contributed by atoms with Gasteiger partial charge in [-0.15, -0.1) is 0 Å². The zero-order chi connectivity index (χ0) is 25.8. The molecule has 0 heterocycles. The molecular formula is C27H38N2O5S. The summed E-state index contributed by atoms with van der Waals surface area (Å²) in [5.41, 5.74) is 2.86. The number of rotatable bonds is 8. The molecular weight excluding hydrogens is 464 g/mol. The van der Waals surface area contributed by atoms with E-state index in [1.54, 1.807) is 19.2 Å². The first-order valence-electron chi connectivity index (χ1n) is 12.1. The summed E-state index contributed by atoms with van der Waals surface area (Å²) in [7, 11) is -1.57. The van der Waals surface area contributed by atoms with Crippen molar-refractivity contribution < 1.29 is 23.1 Å². The van der Waals surface area contributed by atoms with Gasteiger partial charge in [-0.2, -0.15) is 0 Å². The third kappa shape index (κ3) is 7.21. The molecule has 2 aromatic rings. The van der Waals surface area contributed by atoms with Crippen molar-refractivity contribution in [2.45, 2.75) is 70.0 Å². The Morgan fingerprint density at radius 2 is 1.66 bits per heavy atom. The molecule has 0 aromatic heterocycles. The van der Waals surface area contributed by atoms with E-state index < -0.39 is 15.9 Å². The van der Waals surface area contributed by atoms with Crippen LogP contribution in [0.1, 0.15) is 52.0 Å². The van der Waals surface area contributed by atoms with Gasteiger partial charge < -0.3 is 20.5 Å². The van der Waals surface area contributed by atoms with Crippen LogP contribution in [0.25, 0.3) is 11.1 Å². The summed E-state index contributed by atoms with van der Waals surface area (Å²) in [5, 5.41) is 15.7. The summed E-state index contributed by atoms with van der Waals surface area (Å²) in [5.74, 6) is 1.14. The fourth-order valence-corrected chi connectivity index (χ4v) is 5.71. The number of carboxylic acid groups (broad SMARTS) is 1. The number of hydrogen-bond donors (Lipinski definition) is 3. The van der Waals surface area contributed by atoms with Crippen molar-refractivity contribution in [2.75, 3.05) is 13.4 Å². The normalized spacial score (nSPS) is 19.7. The van der Waals surface area contributed by atoms with Crippen LogP contribution in [0, 0.1) is 11.3 Å². The molecule has 1 atom stereocenters. The number of nitrogens with one attached hydrogen (secondary N) is 2. The van der Waals surface area contributed by atoms with E-state index in [1.165, 1.54) is 6.26 Å². The van der Waals surface area contributed by atoms with Gasteiger partial charge in [-0.1, -0.05) is 39.0 Å². The summed E-state index contributed by atoms with van der Waals surface area (Å²) >= 11 is 0. The summed E-state index contributed by atoms with van der Waals surface area (Å²) in [6.07, 6.45) is 4.19. The molecule has 1 aliphatic carbocycles. The molecule has 1 saturated carbocycles. The van der Waals surface area contributed by atoms with Crippen molar-refractivity contribution in [2.24, 2.45) is 11.3 Å². The Balaban J connectivity index is 1.65. The molecule has 2 aromatic carbocycles. The predicted molar refractivity (Wildman–Crippen MR) is 139 cm³/mol. The van der Waals surface area contributed by atoms with Crippen LogP contribution in [0.3, 0.4) is 0 Å². The lowest BCUT2D eigenvalue weighted by atomic mass is 9.72. The maximum absolute atomic E-state index is 11.8. The van der Waals surface area contributed by atoms with E-state index in [4.69, 9.17) is 4.74 Å². The molecule has 0 bridgehead atoms. The molecule has 0 radical (unpaired) electrons. The van der Waals surface area contributed by atoms with Gasteiger partial charge in [0.25, 0.3) is 0 Å². The van der Waals surface area contributed by atoms with E-state index >= 15 is 0 Å². The monoisotopic (exact) mass is 502 g/mol. The third-order valence-corrected chi connectivity index (χ3v) is 8.06. The number of benzene rings is 2. The molecule has 0 saturated heterocycles. The van der Waals surface area contributed by atoms with E-state index in [2.05, 4.69) is 37.5 Å². The number of hydrogen-bond acceptors (Lipinski definition) is 5. The highest BCUT2D eigenvalue weighted by atomic mass is 32.2. The number of ether oxygens (including phenoxy) is 1. The minimum atomic E-state index is -3.23. The van der Waals surface area contributed by atoms with Gasteiger partial charge in [0.15, 0.2) is 9.84 Å². The first-order chi connectivity index (χ1) is 16.4. The van der Waals surface area contributed by atoms with Crippen LogP contribution in [0.2, 0.25) is 0 Å². The van der Waals surface area contributed by atoms with E-state index in [0.717, 1.165) is 48.1 Å². The Labute approximate surface area is 209 Å². The first kappa shape index (κ1) is 27.0. The van der Waals surface area contributed by atoms with Crippen molar-refractivity contribution in [3.63, 3.8) is 0 Å². The van der Waals surface area contributed by atoms with Crippen LogP contribution in [0.5, 0.6) is 5.75 Å². The highest BCUT2D eigenvalue weighted by molar-refractivity contribution is 7.90. The third-order valence-electron chi connectivity index (χ3n) is 6.93. The Bertz CT molecular complexity index is 1120. The highest BCUT2D eigenvalue weighted by Crippen LogP contribution is 2.35. The van der Waals surface area contributed by atoms with Gasteiger partial charge in [-0.05, 0) is 72.4 Å². The summed E-state index contributed by atoms with van der Waals surface area (Å²) in [6.45, 7) is 6.92. The minimum Gasteiger partial charge on any atom is -0.496 e. The highest BCUT2D eigenvalue weighted by Gasteiger charge is 2.35. The van der Waals surface area contributed by atoms with Crippen LogP contribution in [0.15, 0.2) is 47.4 Å². The second-order valence-electron chi connectivity index (χ2n) is 10.6.